The minimum absolute atomic E-state index is 0.0544. The van der Waals surface area contributed by atoms with E-state index in [1.54, 1.807) is 0 Å². The summed E-state index contributed by atoms with van der Waals surface area (Å²) in [5.41, 5.74) is 8.64. The van der Waals surface area contributed by atoms with Crippen molar-refractivity contribution in [3.8, 4) is 0 Å². The van der Waals surface area contributed by atoms with Gasteiger partial charge >= 0.3 is 5.97 Å². The van der Waals surface area contributed by atoms with Crippen LogP contribution in [0.5, 0.6) is 0 Å². The highest BCUT2D eigenvalue weighted by molar-refractivity contribution is 5.93. The van der Waals surface area contributed by atoms with Crippen LogP contribution in [-0.2, 0) is 16.6 Å². The highest BCUT2D eigenvalue weighted by atomic mass is 16.4. The number of carboxylic acids is 1. The average molecular weight is 429 g/mol. The number of carbonyl (C=O) groups excluding carboxylic acids is 1. The molecule has 2 aliphatic rings. The van der Waals surface area contributed by atoms with Crippen molar-refractivity contribution in [2.75, 3.05) is 6.54 Å². The lowest BCUT2D eigenvalue weighted by molar-refractivity contribution is -0.142. The van der Waals surface area contributed by atoms with Gasteiger partial charge in [0.15, 0.2) is 0 Å². The van der Waals surface area contributed by atoms with E-state index < -0.39 is 5.97 Å². The second-order valence-corrected chi connectivity index (χ2v) is 9.71. The SMILES string of the molecule is CCC1(CC)c2cc(C(N)=O)ccc2CCC1NCCC(CC1CCCCC1)C(=O)O. The van der Waals surface area contributed by atoms with E-state index in [0.717, 1.165) is 38.6 Å². The molecule has 1 aromatic rings. The van der Waals surface area contributed by atoms with Crippen molar-refractivity contribution in [3.05, 3.63) is 34.9 Å². The van der Waals surface area contributed by atoms with Crippen LogP contribution in [0.25, 0.3) is 0 Å². The summed E-state index contributed by atoms with van der Waals surface area (Å²) in [4.78, 5) is 23.7. The standard InChI is InChI=1S/C26H40N2O3/c1-3-26(4-2)22-17-20(24(27)29)11-10-19(22)12-13-23(26)28-15-14-21(25(30)31)16-18-8-6-5-7-9-18/h10-11,17-18,21,23,28H,3-9,12-16H2,1-2H3,(H2,27,29)(H,30,31). The van der Waals surface area contributed by atoms with Gasteiger partial charge in [-0.25, -0.2) is 0 Å². The quantitative estimate of drug-likeness (QED) is 0.499. The van der Waals surface area contributed by atoms with Crippen LogP contribution in [-0.4, -0.2) is 29.6 Å². The second kappa shape index (κ2) is 10.6. The summed E-state index contributed by atoms with van der Waals surface area (Å²) in [5.74, 6) is -0.713. The monoisotopic (exact) mass is 428 g/mol. The fourth-order valence-electron chi connectivity index (χ4n) is 6.20. The molecule has 5 nitrogen and oxygen atoms in total. The summed E-state index contributed by atoms with van der Waals surface area (Å²) in [7, 11) is 0. The molecule has 0 aromatic heterocycles. The Kier molecular flexibility index (Phi) is 8.15. The van der Waals surface area contributed by atoms with Crippen molar-refractivity contribution in [1.29, 1.82) is 0 Å². The number of fused-ring (bicyclic) bond motifs is 1. The Balaban J connectivity index is 1.69. The lowest BCUT2D eigenvalue weighted by Gasteiger charge is -2.46. The number of carbonyl (C=O) groups is 2. The van der Waals surface area contributed by atoms with Crippen LogP contribution < -0.4 is 11.1 Å². The largest absolute Gasteiger partial charge is 0.481 e. The maximum Gasteiger partial charge on any atom is 0.306 e. The number of nitrogens with one attached hydrogen (secondary N) is 1. The van der Waals surface area contributed by atoms with E-state index in [1.165, 1.54) is 43.2 Å². The molecule has 1 fully saturated rings. The van der Waals surface area contributed by atoms with E-state index in [4.69, 9.17) is 5.73 Å². The maximum atomic E-state index is 11.9. The summed E-state index contributed by atoms with van der Waals surface area (Å²) in [6.45, 7) is 5.15. The van der Waals surface area contributed by atoms with Crippen molar-refractivity contribution in [2.45, 2.75) is 95.9 Å². The molecule has 0 radical (unpaired) electrons. The molecule has 0 aliphatic heterocycles. The van der Waals surface area contributed by atoms with Crippen molar-refractivity contribution in [1.82, 2.24) is 5.32 Å². The molecule has 1 saturated carbocycles. The third-order valence-corrected chi connectivity index (χ3v) is 8.14. The maximum absolute atomic E-state index is 11.9. The van der Waals surface area contributed by atoms with Crippen LogP contribution in [0.3, 0.4) is 0 Å². The smallest absolute Gasteiger partial charge is 0.306 e. The lowest BCUT2D eigenvalue weighted by Crippen LogP contribution is -2.51. The zero-order valence-electron chi connectivity index (χ0n) is 19.3. The number of rotatable bonds is 10. The van der Waals surface area contributed by atoms with E-state index in [2.05, 4.69) is 25.2 Å². The van der Waals surface area contributed by atoms with Crippen molar-refractivity contribution in [3.63, 3.8) is 0 Å². The summed E-state index contributed by atoms with van der Waals surface area (Å²) >= 11 is 0. The highest BCUT2D eigenvalue weighted by Gasteiger charge is 2.41. The molecule has 2 atom stereocenters. The number of primary amides is 1. The average Bonchev–Trinajstić information content (AvgIpc) is 2.78. The van der Waals surface area contributed by atoms with Crippen LogP contribution in [0.1, 0.15) is 99.5 Å². The zero-order chi connectivity index (χ0) is 22.4. The van der Waals surface area contributed by atoms with Gasteiger partial charge in [0, 0.05) is 17.0 Å². The first-order valence-corrected chi connectivity index (χ1v) is 12.3. The molecule has 31 heavy (non-hydrogen) atoms. The molecule has 0 saturated heterocycles. The Morgan fingerprint density at radius 1 is 1.16 bits per heavy atom. The number of nitrogens with two attached hydrogens (primary N) is 1. The Bertz CT molecular complexity index is 766. The predicted molar refractivity (Wildman–Crippen MR) is 124 cm³/mol. The van der Waals surface area contributed by atoms with Gasteiger partial charge in [-0.05, 0) is 74.2 Å². The normalized spacial score (nSPS) is 21.9. The third kappa shape index (κ3) is 5.31. The van der Waals surface area contributed by atoms with E-state index in [-0.39, 0.29) is 23.3 Å². The molecule has 0 spiro atoms. The number of hydrogen-bond donors (Lipinski definition) is 3. The molecule has 2 aliphatic carbocycles. The molecular weight excluding hydrogens is 388 g/mol. The van der Waals surface area contributed by atoms with Crippen LogP contribution in [0.2, 0.25) is 0 Å². The second-order valence-electron chi connectivity index (χ2n) is 9.71. The van der Waals surface area contributed by atoms with Gasteiger partial charge in [0.25, 0.3) is 0 Å². The molecule has 1 amide bonds. The van der Waals surface area contributed by atoms with Gasteiger partial charge in [-0.15, -0.1) is 0 Å². The van der Waals surface area contributed by atoms with Crippen LogP contribution >= 0.6 is 0 Å². The summed E-state index contributed by atoms with van der Waals surface area (Å²) < 4.78 is 0. The van der Waals surface area contributed by atoms with Crippen LogP contribution in [0.4, 0.5) is 0 Å². The van der Waals surface area contributed by atoms with E-state index >= 15 is 0 Å². The van der Waals surface area contributed by atoms with Gasteiger partial charge in [-0.2, -0.15) is 0 Å². The molecule has 0 heterocycles. The van der Waals surface area contributed by atoms with Gasteiger partial charge in [-0.3, -0.25) is 9.59 Å². The third-order valence-electron chi connectivity index (χ3n) is 8.14. The van der Waals surface area contributed by atoms with Gasteiger partial charge in [0.2, 0.25) is 5.91 Å². The number of benzene rings is 1. The molecule has 1 aromatic carbocycles. The number of aliphatic carboxylic acids is 1. The minimum atomic E-state index is -0.648. The van der Waals surface area contributed by atoms with E-state index in [0.29, 0.717) is 17.9 Å². The van der Waals surface area contributed by atoms with Crippen LogP contribution in [0, 0.1) is 11.8 Å². The summed E-state index contributed by atoms with van der Waals surface area (Å²) in [6, 6.07) is 6.19. The molecule has 2 unspecified atom stereocenters. The van der Waals surface area contributed by atoms with Gasteiger partial charge in [0.1, 0.15) is 0 Å². The van der Waals surface area contributed by atoms with E-state index in [1.807, 2.05) is 12.1 Å². The Hall–Kier alpha value is -1.88. The molecule has 0 bridgehead atoms. The van der Waals surface area contributed by atoms with Crippen molar-refractivity contribution >= 4 is 11.9 Å². The molecule has 4 N–H and O–H groups in total. The molecular formula is C26H40N2O3. The zero-order valence-corrected chi connectivity index (χ0v) is 19.3. The lowest BCUT2D eigenvalue weighted by atomic mass is 9.63. The van der Waals surface area contributed by atoms with Crippen molar-refractivity contribution in [2.24, 2.45) is 17.6 Å². The van der Waals surface area contributed by atoms with Gasteiger partial charge < -0.3 is 16.2 Å². The number of aryl methyl sites for hydroxylation is 1. The predicted octanol–water partition coefficient (Wildman–Crippen LogP) is 4.81. The summed E-state index contributed by atoms with van der Waals surface area (Å²) in [5, 5.41) is 13.5. The topological polar surface area (TPSA) is 92.4 Å². The van der Waals surface area contributed by atoms with Gasteiger partial charge in [-0.1, -0.05) is 52.0 Å². The first-order chi connectivity index (χ1) is 14.9. The van der Waals surface area contributed by atoms with Crippen molar-refractivity contribution < 1.29 is 14.7 Å². The first kappa shape index (κ1) is 23.8. The number of hydrogen-bond acceptors (Lipinski definition) is 3. The molecule has 3 rings (SSSR count). The fourth-order valence-corrected chi connectivity index (χ4v) is 6.20. The van der Waals surface area contributed by atoms with Crippen LogP contribution in [0.15, 0.2) is 18.2 Å². The minimum Gasteiger partial charge on any atom is -0.481 e. The molecule has 5 heteroatoms. The van der Waals surface area contributed by atoms with Gasteiger partial charge in [0.05, 0.1) is 5.92 Å². The Morgan fingerprint density at radius 2 is 1.87 bits per heavy atom. The fraction of sp³-hybridized carbons (Fsp3) is 0.692. The Labute approximate surface area is 187 Å². The number of carboxylic acid groups (broad SMARTS) is 1. The number of amides is 1. The van der Waals surface area contributed by atoms with E-state index in [9.17, 15) is 14.7 Å². The Morgan fingerprint density at radius 3 is 2.48 bits per heavy atom. The summed E-state index contributed by atoms with van der Waals surface area (Å²) in [6.07, 6.45) is 11.6. The molecule has 172 valence electrons. The first-order valence-electron chi connectivity index (χ1n) is 12.3. The highest BCUT2D eigenvalue weighted by Crippen LogP contribution is 2.43.